The maximum absolute atomic E-state index is 12.1. The van der Waals surface area contributed by atoms with Crippen molar-refractivity contribution in [2.24, 2.45) is 5.10 Å². The molecule has 0 aliphatic carbocycles. The van der Waals surface area contributed by atoms with Crippen molar-refractivity contribution in [3.8, 4) is 11.5 Å². The first-order chi connectivity index (χ1) is 13.4. The maximum Gasteiger partial charge on any atom is 0.244 e. The van der Waals surface area contributed by atoms with E-state index in [1.807, 2.05) is 0 Å². The molecule has 0 aliphatic rings. The van der Waals surface area contributed by atoms with E-state index in [2.05, 4.69) is 15.8 Å². The number of methoxy groups -OCH3 is 2. The summed E-state index contributed by atoms with van der Waals surface area (Å²) < 4.78 is 10.4. The number of nitrogens with zero attached hydrogens (tertiary/aromatic N) is 1. The van der Waals surface area contributed by atoms with E-state index < -0.39 is 0 Å². The SMILES string of the molecule is COc1ccc(CC(=O)NN=C(C)CC(=O)Nc2ccc(Cl)cc2)cc1OC. The third kappa shape index (κ3) is 6.59. The number of nitrogens with one attached hydrogen (secondary N) is 2. The molecule has 0 bridgehead atoms. The average Bonchev–Trinajstić information content (AvgIpc) is 2.68. The van der Waals surface area contributed by atoms with Crippen molar-refractivity contribution < 1.29 is 19.1 Å². The van der Waals surface area contributed by atoms with Crippen LogP contribution in [0.4, 0.5) is 5.69 Å². The maximum atomic E-state index is 12.1. The lowest BCUT2D eigenvalue weighted by Gasteiger charge is -2.09. The number of rotatable bonds is 8. The highest BCUT2D eigenvalue weighted by Gasteiger charge is 2.09. The molecular formula is C20H22ClN3O4. The molecule has 0 atom stereocenters. The molecule has 0 radical (unpaired) electrons. The first kappa shape index (κ1) is 21.2. The van der Waals surface area contributed by atoms with Crippen molar-refractivity contribution in [2.75, 3.05) is 19.5 Å². The van der Waals surface area contributed by atoms with Crippen LogP contribution >= 0.6 is 11.6 Å². The standard InChI is InChI=1S/C20H22ClN3O4/c1-13(10-19(25)22-16-7-5-15(21)6-8-16)23-24-20(26)12-14-4-9-17(27-2)18(11-14)28-3/h4-9,11H,10,12H2,1-3H3,(H,22,25)(H,24,26). The van der Waals surface area contributed by atoms with Gasteiger partial charge in [-0.15, -0.1) is 0 Å². The largest absolute Gasteiger partial charge is 0.493 e. The summed E-state index contributed by atoms with van der Waals surface area (Å²) in [5.41, 5.74) is 4.32. The Morgan fingerprint density at radius 3 is 2.32 bits per heavy atom. The lowest BCUT2D eigenvalue weighted by molar-refractivity contribution is -0.120. The molecule has 2 rings (SSSR count). The fourth-order valence-corrected chi connectivity index (χ4v) is 2.51. The van der Waals surface area contributed by atoms with E-state index in [1.165, 1.54) is 7.11 Å². The van der Waals surface area contributed by atoms with Gasteiger partial charge in [-0.2, -0.15) is 5.10 Å². The Balaban J connectivity index is 1.85. The van der Waals surface area contributed by atoms with E-state index >= 15 is 0 Å². The summed E-state index contributed by atoms with van der Waals surface area (Å²) in [6, 6.07) is 12.0. The molecule has 0 saturated carbocycles. The topological polar surface area (TPSA) is 89.0 Å². The number of carbonyl (C=O) groups is 2. The van der Waals surface area contributed by atoms with E-state index in [0.717, 1.165) is 5.56 Å². The summed E-state index contributed by atoms with van der Waals surface area (Å²) in [4.78, 5) is 24.1. The van der Waals surface area contributed by atoms with Crippen molar-refractivity contribution in [1.29, 1.82) is 0 Å². The molecule has 2 aromatic rings. The minimum atomic E-state index is -0.301. The van der Waals surface area contributed by atoms with Crippen LogP contribution in [0, 0.1) is 0 Å². The first-order valence-electron chi connectivity index (χ1n) is 8.49. The van der Waals surface area contributed by atoms with Crippen LogP contribution in [0.2, 0.25) is 5.02 Å². The van der Waals surface area contributed by atoms with E-state index in [-0.39, 0.29) is 24.7 Å². The van der Waals surface area contributed by atoms with Crippen LogP contribution in [0.1, 0.15) is 18.9 Å². The highest BCUT2D eigenvalue weighted by Crippen LogP contribution is 2.27. The Kier molecular flexibility index (Phi) is 7.83. The molecule has 0 saturated heterocycles. The third-order valence-corrected chi connectivity index (χ3v) is 3.98. The van der Waals surface area contributed by atoms with E-state index in [4.69, 9.17) is 21.1 Å². The number of carbonyl (C=O) groups excluding carboxylic acids is 2. The van der Waals surface area contributed by atoms with Gasteiger partial charge in [0.15, 0.2) is 11.5 Å². The Bertz CT molecular complexity index is 866. The molecule has 0 aromatic heterocycles. The Hall–Kier alpha value is -3.06. The fraction of sp³-hybridized carbons (Fsp3) is 0.250. The van der Waals surface area contributed by atoms with Gasteiger partial charge >= 0.3 is 0 Å². The first-order valence-corrected chi connectivity index (χ1v) is 8.87. The van der Waals surface area contributed by atoms with E-state index in [0.29, 0.717) is 27.9 Å². The number of halogens is 1. The highest BCUT2D eigenvalue weighted by atomic mass is 35.5. The second-order valence-corrected chi connectivity index (χ2v) is 6.42. The van der Waals surface area contributed by atoms with Gasteiger partial charge in [-0.25, -0.2) is 5.43 Å². The predicted molar refractivity (Wildman–Crippen MR) is 109 cm³/mol. The number of ether oxygens (including phenoxy) is 2. The normalized spacial score (nSPS) is 10.9. The Labute approximate surface area is 168 Å². The lowest BCUT2D eigenvalue weighted by Crippen LogP contribution is -2.22. The molecule has 0 aliphatic heterocycles. The zero-order valence-electron chi connectivity index (χ0n) is 15.9. The predicted octanol–water partition coefficient (Wildman–Crippen LogP) is 3.42. The lowest BCUT2D eigenvalue weighted by atomic mass is 10.1. The molecule has 2 N–H and O–H groups in total. The average molecular weight is 404 g/mol. The van der Waals surface area contributed by atoms with Crippen LogP contribution in [0.25, 0.3) is 0 Å². The zero-order chi connectivity index (χ0) is 20.5. The molecule has 0 spiro atoms. The Morgan fingerprint density at radius 2 is 1.68 bits per heavy atom. The van der Waals surface area contributed by atoms with Gasteiger partial charge in [0.25, 0.3) is 0 Å². The smallest absolute Gasteiger partial charge is 0.244 e. The van der Waals surface area contributed by atoms with Gasteiger partial charge in [-0.1, -0.05) is 17.7 Å². The minimum Gasteiger partial charge on any atom is -0.493 e. The van der Waals surface area contributed by atoms with Crippen molar-refractivity contribution >= 4 is 34.8 Å². The minimum absolute atomic E-state index is 0.0548. The molecule has 0 heterocycles. The van der Waals surface area contributed by atoms with Crippen LogP contribution in [-0.2, 0) is 16.0 Å². The molecule has 8 heteroatoms. The highest BCUT2D eigenvalue weighted by molar-refractivity contribution is 6.30. The van der Waals surface area contributed by atoms with Crippen LogP contribution in [0.5, 0.6) is 11.5 Å². The summed E-state index contributed by atoms with van der Waals surface area (Å²) in [6.45, 7) is 1.66. The Morgan fingerprint density at radius 1 is 1.00 bits per heavy atom. The molecular weight excluding hydrogens is 382 g/mol. The zero-order valence-corrected chi connectivity index (χ0v) is 16.7. The number of anilines is 1. The number of hydrogen-bond donors (Lipinski definition) is 2. The molecule has 2 aromatic carbocycles. The third-order valence-electron chi connectivity index (χ3n) is 3.73. The monoisotopic (exact) mass is 403 g/mol. The van der Waals surface area contributed by atoms with Gasteiger partial charge in [-0.3, -0.25) is 9.59 Å². The van der Waals surface area contributed by atoms with Gasteiger partial charge in [-0.05, 0) is 48.9 Å². The number of amides is 2. The molecule has 2 amide bonds. The molecule has 0 unspecified atom stereocenters. The molecule has 7 nitrogen and oxygen atoms in total. The van der Waals surface area contributed by atoms with E-state index in [9.17, 15) is 9.59 Å². The second kappa shape index (κ2) is 10.3. The van der Waals surface area contributed by atoms with Crippen LogP contribution in [0.3, 0.4) is 0 Å². The number of hydrazone groups is 1. The van der Waals surface area contributed by atoms with Gasteiger partial charge in [0.05, 0.1) is 27.1 Å². The summed E-state index contributed by atoms with van der Waals surface area (Å²) in [7, 11) is 3.08. The van der Waals surface area contributed by atoms with Crippen LogP contribution in [0.15, 0.2) is 47.6 Å². The second-order valence-electron chi connectivity index (χ2n) is 5.98. The van der Waals surface area contributed by atoms with Crippen molar-refractivity contribution in [3.63, 3.8) is 0 Å². The summed E-state index contributed by atoms with van der Waals surface area (Å²) >= 11 is 5.81. The fourth-order valence-electron chi connectivity index (χ4n) is 2.38. The van der Waals surface area contributed by atoms with Crippen LogP contribution in [-0.4, -0.2) is 31.7 Å². The summed E-state index contributed by atoms with van der Waals surface area (Å²) in [5, 5.41) is 7.30. The van der Waals surface area contributed by atoms with Gasteiger partial charge in [0.1, 0.15) is 0 Å². The summed E-state index contributed by atoms with van der Waals surface area (Å²) in [5.74, 6) is 0.598. The van der Waals surface area contributed by atoms with Crippen molar-refractivity contribution in [1.82, 2.24) is 5.43 Å². The number of hydrogen-bond acceptors (Lipinski definition) is 5. The number of benzene rings is 2. The van der Waals surface area contributed by atoms with Crippen molar-refractivity contribution in [3.05, 3.63) is 53.1 Å². The molecule has 0 fully saturated rings. The quantitative estimate of drug-likeness (QED) is 0.522. The molecule has 148 valence electrons. The van der Waals surface area contributed by atoms with Crippen molar-refractivity contribution in [2.45, 2.75) is 19.8 Å². The van der Waals surface area contributed by atoms with Gasteiger partial charge in [0, 0.05) is 16.4 Å². The van der Waals surface area contributed by atoms with E-state index in [1.54, 1.807) is 56.5 Å². The van der Waals surface area contributed by atoms with Gasteiger partial charge in [0.2, 0.25) is 11.8 Å². The summed E-state index contributed by atoms with van der Waals surface area (Å²) in [6.07, 6.45) is 0.174. The van der Waals surface area contributed by atoms with Gasteiger partial charge < -0.3 is 14.8 Å². The molecule has 28 heavy (non-hydrogen) atoms. The van der Waals surface area contributed by atoms with Crippen LogP contribution < -0.4 is 20.2 Å².